The van der Waals surface area contributed by atoms with Gasteiger partial charge in [0.2, 0.25) is 0 Å². The lowest BCUT2D eigenvalue weighted by atomic mass is 9.44. The Bertz CT molecular complexity index is 913. The van der Waals surface area contributed by atoms with Crippen molar-refractivity contribution in [2.45, 2.75) is 56.6 Å². The monoisotopic (exact) mass is 448 g/mol. The van der Waals surface area contributed by atoms with Gasteiger partial charge in [0, 0.05) is 11.3 Å². The van der Waals surface area contributed by atoms with Crippen LogP contribution in [0.3, 0.4) is 0 Å². The first-order valence-corrected chi connectivity index (χ1v) is 10.6. The van der Waals surface area contributed by atoms with E-state index < -0.39 is 60.2 Å². The Kier molecular flexibility index (Phi) is 6.00. The molecule has 0 radical (unpaired) electrons. The van der Waals surface area contributed by atoms with E-state index in [1.165, 1.54) is 6.08 Å². The van der Waals surface area contributed by atoms with Crippen molar-refractivity contribution in [3.8, 4) is 0 Å². The molecule has 0 spiro atoms. The Morgan fingerprint density at radius 1 is 1.16 bits per heavy atom. The second-order valence-electron chi connectivity index (χ2n) is 8.99. The van der Waals surface area contributed by atoms with Gasteiger partial charge in [-0.25, -0.2) is 4.79 Å². The highest BCUT2D eigenvalue weighted by Crippen LogP contribution is 2.63. The van der Waals surface area contributed by atoms with E-state index >= 15 is 0 Å². The predicted octanol–water partition coefficient (Wildman–Crippen LogP) is -0.0461. The summed E-state index contributed by atoms with van der Waals surface area (Å²) >= 11 is 0. The number of aliphatic hydroxyl groups is 4. The van der Waals surface area contributed by atoms with E-state index in [1.54, 1.807) is 44.2 Å². The number of carbonyl (C=O) groups excluding carboxylic acids is 2. The molecule has 1 heterocycles. The van der Waals surface area contributed by atoms with E-state index in [2.05, 4.69) is 0 Å². The SMILES string of the molecule is CC1=CC(=O)[C@@H]2C[C@@]1(O[C@@H]1O[C@H](CO)[C@@H](O)[C@H](O)[C@H]1O)[C@@]2(C)COC(=O)c1ccccc1. The highest BCUT2D eigenvalue weighted by molar-refractivity contribution is 5.97. The van der Waals surface area contributed by atoms with Crippen LogP contribution < -0.4 is 0 Å². The lowest BCUT2D eigenvalue weighted by molar-refractivity contribution is -0.357. The minimum absolute atomic E-state index is 0.0972. The van der Waals surface area contributed by atoms with E-state index in [1.807, 2.05) is 0 Å². The fourth-order valence-corrected chi connectivity index (χ4v) is 5.08. The fourth-order valence-electron chi connectivity index (χ4n) is 5.08. The first-order valence-electron chi connectivity index (χ1n) is 10.6. The van der Waals surface area contributed by atoms with Crippen molar-refractivity contribution in [2.75, 3.05) is 13.2 Å². The van der Waals surface area contributed by atoms with Gasteiger partial charge in [-0.05, 0) is 37.1 Å². The lowest BCUT2D eigenvalue weighted by Gasteiger charge is -2.65. The molecule has 5 rings (SSSR count). The summed E-state index contributed by atoms with van der Waals surface area (Å²) in [5.41, 5.74) is -1.08. The van der Waals surface area contributed by atoms with E-state index in [-0.39, 0.29) is 12.4 Å². The minimum atomic E-state index is -1.59. The van der Waals surface area contributed by atoms with Crippen molar-refractivity contribution < 1.29 is 44.2 Å². The topological polar surface area (TPSA) is 143 Å². The van der Waals surface area contributed by atoms with Crippen molar-refractivity contribution in [3.05, 3.63) is 47.5 Å². The van der Waals surface area contributed by atoms with Crippen molar-refractivity contribution in [3.63, 3.8) is 0 Å². The summed E-state index contributed by atoms with van der Waals surface area (Å²) < 4.78 is 17.3. The van der Waals surface area contributed by atoms with Gasteiger partial charge in [-0.3, -0.25) is 4.79 Å². The van der Waals surface area contributed by atoms with Gasteiger partial charge >= 0.3 is 5.97 Å². The average Bonchev–Trinajstić information content (AvgIpc) is 2.79. The maximum absolute atomic E-state index is 12.6. The van der Waals surface area contributed by atoms with Crippen molar-refractivity contribution in [1.29, 1.82) is 0 Å². The summed E-state index contributed by atoms with van der Waals surface area (Å²) in [6.07, 6.45) is -5.40. The fraction of sp³-hybridized carbons (Fsp3) is 0.565. The van der Waals surface area contributed by atoms with Gasteiger partial charge in [0.25, 0.3) is 0 Å². The highest BCUT2D eigenvalue weighted by atomic mass is 16.7. The van der Waals surface area contributed by atoms with Gasteiger partial charge in [-0.15, -0.1) is 0 Å². The Labute approximate surface area is 185 Å². The molecule has 2 fully saturated rings. The third-order valence-electron chi connectivity index (χ3n) is 7.20. The first-order chi connectivity index (χ1) is 15.1. The number of hydrogen-bond donors (Lipinski definition) is 4. The molecular formula is C23H28O9. The van der Waals surface area contributed by atoms with Crippen LogP contribution in [-0.2, 0) is 19.0 Å². The number of hydrogen-bond acceptors (Lipinski definition) is 9. The van der Waals surface area contributed by atoms with Gasteiger partial charge in [0.15, 0.2) is 12.1 Å². The Morgan fingerprint density at radius 2 is 1.84 bits per heavy atom. The van der Waals surface area contributed by atoms with Crippen LogP contribution in [0.2, 0.25) is 0 Å². The number of aliphatic hydroxyl groups excluding tert-OH is 4. The number of benzene rings is 1. The van der Waals surface area contributed by atoms with Crippen molar-refractivity contribution in [1.82, 2.24) is 0 Å². The molecule has 2 bridgehead atoms. The summed E-state index contributed by atoms with van der Waals surface area (Å²) in [4.78, 5) is 25.1. The molecule has 1 saturated heterocycles. The van der Waals surface area contributed by atoms with Gasteiger partial charge in [0.1, 0.15) is 36.6 Å². The molecule has 8 atom stereocenters. The highest BCUT2D eigenvalue weighted by Gasteiger charge is 2.70. The molecule has 32 heavy (non-hydrogen) atoms. The van der Waals surface area contributed by atoms with Crippen LogP contribution in [-0.4, -0.2) is 81.7 Å². The number of ketones is 1. The zero-order valence-electron chi connectivity index (χ0n) is 17.9. The molecule has 174 valence electrons. The molecule has 4 aliphatic rings. The van der Waals surface area contributed by atoms with E-state index in [0.717, 1.165) is 0 Å². The van der Waals surface area contributed by atoms with Gasteiger partial charge < -0.3 is 34.6 Å². The van der Waals surface area contributed by atoms with Crippen LogP contribution in [0.5, 0.6) is 0 Å². The summed E-state index contributed by atoms with van der Waals surface area (Å²) in [7, 11) is 0. The molecule has 0 aromatic heterocycles. The molecule has 9 nitrogen and oxygen atoms in total. The molecule has 1 saturated carbocycles. The lowest BCUT2D eigenvalue weighted by Crippen LogP contribution is -2.73. The average molecular weight is 448 g/mol. The molecule has 3 aliphatic carbocycles. The number of esters is 1. The maximum atomic E-state index is 12.6. The molecular weight excluding hydrogens is 420 g/mol. The number of carbonyl (C=O) groups is 2. The molecule has 0 unspecified atom stereocenters. The molecule has 1 aromatic carbocycles. The number of rotatable bonds is 6. The third kappa shape index (κ3) is 3.40. The minimum Gasteiger partial charge on any atom is -0.461 e. The normalized spacial score (nSPS) is 40.9. The third-order valence-corrected chi connectivity index (χ3v) is 7.20. The molecule has 1 aromatic rings. The number of ether oxygens (including phenoxy) is 3. The van der Waals surface area contributed by atoms with Gasteiger partial charge in [-0.2, -0.15) is 0 Å². The first kappa shape index (κ1) is 23.0. The zero-order valence-corrected chi connectivity index (χ0v) is 17.9. The van der Waals surface area contributed by atoms with Crippen molar-refractivity contribution >= 4 is 11.8 Å². The van der Waals surface area contributed by atoms with Gasteiger partial charge in [0.05, 0.1) is 12.2 Å². The Hall–Kier alpha value is -2.14. The largest absolute Gasteiger partial charge is 0.461 e. The molecule has 4 N–H and O–H groups in total. The summed E-state index contributed by atoms with van der Waals surface area (Å²) in [6.45, 7) is 2.80. The predicted molar refractivity (Wildman–Crippen MR) is 109 cm³/mol. The standard InChI is InChI=1S/C23H28O9/c1-12-8-15(25)14-9-23(12,32-21-19(28)18(27)17(26)16(10-24)31-21)22(14,2)11-30-20(29)13-6-4-3-5-7-13/h3-8,14,16-19,21,24,26-28H,9-11H2,1-2H3/t14-,16+,17+,18-,19+,21-,22-,23-/m0/s1. The summed E-state index contributed by atoms with van der Waals surface area (Å²) in [5.74, 6) is -1.09. The molecule has 0 amide bonds. The molecule has 1 aliphatic heterocycles. The summed E-state index contributed by atoms with van der Waals surface area (Å²) in [6, 6.07) is 8.48. The van der Waals surface area contributed by atoms with E-state index in [4.69, 9.17) is 14.2 Å². The Morgan fingerprint density at radius 3 is 2.47 bits per heavy atom. The smallest absolute Gasteiger partial charge is 0.338 e. The number of fused-ring (bicyclic) bond motifs is 1. The second-order valence-corrected chi connectivity index (χ2v) is 8.99. The maximum Gasteiger partial charge on any atom is 0.338 e. The van der Waals surface area contributed by atoms with Crippen LogP contribution in [0.1, 0.15) is 30.6 Å². The van der Waals surface area contributed by atoms with Crippen molar-refractivity contribution in [2.24, 2.45) is 11.3 Å². The summed E-state index contributed by atoms with van der Waals surface area (Å²) in [5, 5.41) is 40.1. The quantitative estimate of drug-likeness (QED) is 0.441. The van der Waals surface area contributed by atoms with Gasteiger partial charge in [-0.1, -0.05) is 25.1 Å². The van der Waals surface area contributed by atoms with E-state index in [0.29, 0.717) is 17.6 Å². The molecule has 9 heteroatoms. The van der Waals surface area contributed by atoms with Crippen LogP contribution in [0, 0.1) is 11.3 Å². The zero-order chi connectivity index (χ0) is 23.3. The Balaban J connectivity index is 1.58. The second kappa shape index (κ2) is 8.33. The van der Waals surface area contributed by atoms with E-state index in [9.17, 15) is 30.0 Å². The number of allylic oxidation sites excluding steroid dienone is 1. The van der Waals surface area contributed by atoms with Crippen LogP contribution in [0.25, 0.3) is 0 Å². The van der Waals surface area contributed by atoms with Crippen LogP contribution in [0.4, 0.5) is 0 Å². The van der Waals surface area contributed by atoms with Crippen LogP contribution in [0.15, 0.2) is 42.0 Å². The van der Waals surface area contributed by atoms with Crippen LogP contribution >= 0.6 is 0 Å².